The molecule has 0 aromatic carbocycles. The second kappa shape index (κ2) is 7.81. The van der Waals surface area contributed by atoms with Crippen molar-refractivity contribution in [1.82, 2.24) is 4.31 Å². The zero-order chi connectivity index (χ0) is 14.3. The molecule has 1 saturated heterocycles. The molecule has 7 heteroatoms. The molecule has 112 valence electrons. The molecule has 1 fully saturated rings. The summed E-state index contributed by atoms with van der Waals surface area (Å²) in [6.07, 6.45) is 1.87. The number of carbonyl (C=O) groups excluding carboxylic acids is 1. The molecule has 6 nitrogen and oxygen atoms in total. The van der Waals surface area contributed by atoms with Gasteiger partial charge in [0.15, 0.2) is 0 Å². The van der Waals surface area contributed by atoms with Crippen LogP contribution in [0.1, 0.15) is 26.2 Å². The number of carbonyl (C=O) groups is 1. The lowest BCUT2D eigenvalue weighted by Gasteiger charge is -2.30. The molecule has 19 heavy (non-hydrogen) atoms. The average molecular weight is 293 g/mol. The predicted octanol–water partition coefficient (Wildman–Crippen LogP) is 0.628. The van der Waals surface area contributed by atoms with Crippen LogP contribution < -0.4 is 0 Å². The maximum atomic E-state index is 12.1. The van der Waals surface area contributed by atoms with Gasteiger partial charge in [-0.15, -0.1) is 0 Å². The second-order valence-electron chi connectivity index (χ2n) is 4.61. The summed E-state index contributed by atoms with van der Waals surface area (Å²) in [6, 6.07) is 0. The van der Waals surface area contributed by atoms with E-state index in [4.69, 9.17) is 9.47 Å². The summed E-state index contributed by atoms with van der Waals surface area (Å²) >= 11 is 0. The lowest BCUT2D eigenvalue weighted by Crippen LogP contribution is -2.43. The fourth-order valence-corrected chi connectivity index (χ4v) is 3.72. The van der Waals surface area contributed by atoms with Crippen molar-refractivity contribution in [1.29, 1.82) is 0 Å². The fraction of sp³-hybridized carbons (Fsp3) is 0.917. The first-order valence-electron chi connectivity index (χ1n) is 6.64. The number of esters is 1. The van der Waals surface area contributed by atoms with E-state index < -0.39 is 10.0 Å². The summed E-state index contributed by atoms with van der Waals surface area (Å²) < 4.78 is 35.4. The molecule has 0 aromatic heterocycles. The van der Waals surface area contributed by atoms with Crippen LogP contribution in [0.4, 0.5) is 0 Å². The number of rotatable bonds is 7. The summed E-state index contributed by atoms with van der Waals surface area (Å²) in [4.78, 5) is 11.7. The van der Waals surface area contributed by atoms with Crippen molar-refractivity contribution in [2.75, 3.05) is 39.2 Å². The van der Waals surface area contributed by atoms with Gasteiger partial charge in [0.25, 0.3) is 0 Å². The van der Waals surface area contributed by atoms with E-state index in [9.17, 15) is 13.2 Å². The van der Waals surface area contributed by atoms with E-state index in [2.05, 4.69) is 0 Å². The normalized spacial score (nSPS) is 21.3. The lowest BCUT2D eigenvalue weighted by atomic mass is 10.0. The number of piperidine rings is 1. The SMILES string of the molecule is CCOC(=O)[C@H]1CCCN(S(=O)(=O)CCCOC)C1. The highest BCUT2D eigenvalue weighted by atomic mass is 32.2. The zero-order valence-corrected chi connectivity index (χ0v) is 12.4. The minimum Gasteiger partial charge on any atom is -0.466 e. The minimum absolute atomic E-state index is 0.0659. The second-order valence-corrected chi connectivity index (χ2v) is 6.70. The van der Waals surface area contributed by atoms with Crippen molar-refractivity contribution in [2.24, 2.45) is 5.92 Å². The topological polar surface area (TPSA) is 72.9 Å². The molecule has 0 aromatic rings. The highest BCUT2D eigenvalue weighted by molar-refractivity contribution is 7.89. The Morgan fingerprint density at radius 1 is 1.42 bits per heavy atom. The number of nitrogens with zero attached hydrogens (tertiary/aromatic N) is 1. The first kappa shape index (κ1) is 16.4. The van der Waals surface area contributed by atoms with Gasteiger partial charge in [-0.3, -0.25) is 4.79 Å². The highest BCUT2D eigenvalue weighted by Gasteiger charge is 2.32. The number of sulfonamides is 1. The fourth-order valence-electron chi connectivity index (χ4n) is 2.16. The van der Waals surface area contributed by atoms with Crippen LogP contribution in [0.2, 0.25) is 0 Å². The van der Waals surface area contributed by atoms with Gasteiger partial charge in [-0.1, -0.05) is 0 Å². The van der Waals surface area contributed by atoms with Gasteiger partial charge in [0.1, 0.15) is 0 Å². The van der Waals surface area contributed by atoms with Gasteiger partial charge in [0.05, 0.1) is 18.3 Å². The van der Waals surface area contributed by atoms with Crippen LogP contribution in [0.5, 0.6) is 0 Å². The van der Waals surface area contributed by atoms with E-state index in [0.29, 0.717) is 39.0 Å². The molecule has 0 bridgehead atoms. The number of methoxy groups -OCH3 is 1. The molecule has 0 aliphatic carbocycles. The van der Waals surface area contributed by atoms with Crippen LogP contribution in [-0.4, -0.2) is 57.9 Å². The Morgan fingerprint density at radius 2 is 2.16 bits per heavy atom. The minimum atomic E-state index is -3.29. The van der Waals surface area contributed by atoms with Crippen molar-refractivity contribution in [3.8, 4) is 0 Å². The molecule has 0 spiro atoms. The Labute approximate surface area is 115 Å². The van der Waals surface area contributed by atoms with E-state index in [1.165, 1.54) is 4.31 Å². The average Bonchev–Trinajstić information content (AvgIpc) is 2.39. The highest BCUT2D eigenvalue weighted by Crippen LogP contribution is 2.21. The zero-order valence-electron chi connectivity index (χ0n) is 11.6. The quantitative estimate of drug-likeness (QED) is 0.508. The predicted molar refractivity (Wildman–Crippen MR) is 71.2 cm³/mol. The Hall–Kier alpha value is -0.660. The maximum Gasteiger partial charge on any atom is 0.310 e. The van der Waals surface area contributed by atoms with Gasteiger partial charge in [-0.05, 0) is 26.2 Å². The molecule has 1 rings (SSSR count). The van der Waals surface area contributed by atoms with Crippen LogP contribution in [0, 0.1) is 5.92 Å². The summed E-state index contributed by atoms with van der Waals surface area (Å²) in [5.41, 5.74) is 0. The van der Waals surface area contributed by atoms with E-state index in [0.717, 1.165) is 0 Å². The molecule has 1 aliphatic rings. The Balaban J connectivity index is 2.55. The molecule has 1 heterocycles. The maximum absolute atomic E-state index is 12.1. The van der Waals surface area contributed by atoms with Crippen LogP contribution in [0.3, 0.4) is 0 Å². The van der Waals surface area contributed by atoms with Crippen molar-refractivity contribution >= 4 is 16.0 Å². The van der Waals surface area contributed by atoms with E-state index in [1.807, 2.05) is 0 Å². The molecule has 1 aliphatic heterocycles. The molecule has 0 saturated carbocycles. The van der Waals surface area contributed by atoms with Crippen LogP contribution in [0.25, 0.3) is 0 Å². The van der Waals surface area contributed by atoms with Gasteiger partial charge in [-0.2, -0.15) is 0 Å². The molecule has 0 N–H and O–H groups in total. The first-order valence-corrected chi connectivity index (χ1v) is 8.25. The van der Waals surface area contributed by atoms with Gasteiger partial charge < -0.3 is 9.47 Å². The van der Waals surface area contributed by atoms with Crippen LogP contribution in [0.15, 0.2) is 0 Å². The van der Waals surface area contributed by atoms with Gasteiger partial charge in [0, 0.05) is 26.8 Å². The van der Waals surface area contributed by atoms with E-state index >= 15 is 0 Å². The van der Waals surface area contributed by atoms with Crippen molar-refractivity contribution in [3.05, 3.63) is 0 Å². The Bertz CT molecular complexity index is 382. The van der Waals surface area contributed by atoms with Gasteiger partial charge in [-0.25, -0.2) is 12.7 Å². The first-order chi connectivity index (χ1) is 9.01. The van der Waals surface area contributed by atoms with Crippen molar-refractivity contribution in [2.45, 2.75) is 26.2 Å². The third-order valence-corrected chi connectivity index (χ3v) is 5.07. The molecular weight excluding hydrogens is 270 g/mol. The monoisotopic (exact) mass is 293 g/mol. The third kappa shape index (κ3) is 5.08. The van der Waals surface area contributed by atoms with E-state index in [-0.39, 0.29) is 24.2 Å². The Kier molecular flexibility index (Phi) is 6.74. The molecular formula is C12H23NO5S. The molecule has 1 atom stereocenters. The smallest absolute Gasteiger partial charge is 0.310 e. The largest absolute Gasteiger partial charge is 0.466 e. The number of hydrogen-bond donors (Lipinski definition) is 0. The van der Waals surface area contributed by atoms with Crippen LogP contribution in [-0.2, 0) is 24.3 Å². The summed E-state index contributed by atoms with van der Waals surface area (Å²) in [5.74, 6) is -0.554. The summed E-state index contributed by atoms with van der Waals surface area (Å²) in [6.45, 7) is 3.24. The molecule has 0 radical (unpaired) electrons. The van der Waals surface area contributed by atoms with Crippen LogP contribution >= 0.6 is 0 Å². The molecule has 0 unspecified atom stereocenters. The third-order valence-electron chi connectivity index (χ3n) is 3.15. The summed E-state index contributed by atoms with van der Waals surface area (Å²) in [7, 11) is -1.75. The number of hydrogen-bond acceptors (Lipinski definition) is 5. The van der Waals surface area contributed by atoms with E-state index in [1.54, 1.807) is 14.0 Å². The number of ether oxygens (including phenoxy) is 2. The van der Waals surface area contributed by atoms with Gasteiger partial charge >= 0.3 is 5.97 Å². The summed E-state index contributed by atoms with van der Waals surface area (Å²) in [5, 5.41) is 0. The lowest BCUT2D eigenvalue weighted by molar-refractivity contribution is -0.149. The molecule has 0 amide bonds. The van der Waals surface area contributed by atoms with Crippen molar-refractivity contribution in [3.63, 3.8) is 0 Å². The van der Waals surface area contributed by atoms with Gasteiger partial charge in [0.2, 0.25) is 10.0 Å². The Morgan fingerprint density at radius 3 is 2.79 bits per heavy atom. The van der Waals surface area contributed by atoms with Crippen molar-refractivity contribution < 1.29 is 22.7 Å². The standard InChI is InChI=1S/C12H23NO5S/c1-3-18-12(14)11-6-4-7-13(10-11)19(15,16)9-5-8-17-2/h11H,3-10H2,1-2H3/t11-/m0/s1.